The second-order valence-electron chi connectivity index (χ2n) is 4.10. The Balaban J connectivity index is 2.55. The summed E-state index contributed by atoms with van der Waals surface area (Å²) in [5, 5.41) is -0.225. The molecule has 2 nitrogen and oxygen atoms in total. The number of nitrogens with zero attached hydrogens (tertiary/aromatic N) is 1. The minimum atomic E-state index is -0.225. The highest BCUT2D eigenvalue weighted by molar-refractivity contribution is 6.64. The Morgan fingerprint density at radius 3 is 2.43 bits per heavy atom. The molecule has 0 bridgehead atoms. The molecule has 82 valence electrons. The van der Waals surface area contributed by atoms with Crippen molar-refractivity contribution in [1.29, 1.82) is 0 Å². The molecule has 0 aromatic heterocycles. The van der Waals surface area contributed by atoms with Gasteiger partial charge in [-0.1, -0.05) is 26.2 Å². The van der Waals surface area contributed by atoms with Gasteiger partial charge in [-0.15, -0.1) is 0 Å². The molecule has 1 atom stereocenters. The Morgan fingerprint density at radius 1 is 1.43 bits per heavy atom. The molecule has 1 aliphatic rings. The molecule has 0 N–H and O–H groups in total. The summed E-state index contributed by atoms with van der Waals surface area (Å²) in [7, 11) is 0. The smallest absolute Gasteiger partial charge is 0.238 e. The SMILES string of the molecule is CCN(C1CCCCC1)C(C)C(=O)Cl. The minimum absolute atomic E-state index is 0.121. The van der Waals surface area contributed by atoms with Crippen molar-refractivity contribution in [1.82, 2.24) is 4.90 Å². The highest BCUT2D eigenvalue weighted by atomic mass is 35.5. The number of carbonyl (C=O) groups is 1. The summed E-state index contributed by atoms with van der Waals surface area (Å²) in [5.41, 5.74) is 0. The maximum absolute atomic E-state index is 11.1. The van der Waals surface area contributed by atoms with Crippen molar-refractivity contribution in [3.05, 3.63) is 0 Å². The van der Waals surface area contributed by atoms with Crippen LogP contribution in [0.5, 0.6) is 0 Å². The van der Waals surface area contributed by atoms with Gasteiger partial charge in [0.2, 0.25) is 5.24 Å². The molecule has 0 aromatic rings. The summed E-state index contributed by atoms with van der Waals surface area (Å²) in [6.07, 6.45) is 6.39. The Labute approximate surface area is 91.6 Å². The number of likely N-dealkylation sites (N-methyl/N-ethyl adjacent to an activating group) is 1. The van der Waals surface area contributed by atoms with E-state index in [2.05, 4.69) is 11.8 Å². The lowest BCUT2D eigenvalue weighted by Crippen LogP contribution is -2.45. The number of hydrogen-bond donors (Lipinski definition) is 0. The standard InChI is InChI=1S/C11H20ClNO/c1-3-13(9(2)11(12)14)10-7-5-4-6-8-10/h9-10H,3-8H2,1-2H3. The predicted octanol–water partition coefficient (Wildman–Crippen LogP) is 2.79. The molecule has 1 fully saturated rings. The summed E-state index contributed by atoms with van der Waals surface area (Å²) < 4.78 is 0. The Morgan fingerprint density at radius 2 is 2.00 bits per heavy atom. The van der Waals surface area contributed by atoms with Crippen molar-refractivity contribution >= 4 is 16.8 Å². The van der Waals surface area contributed by atoms with E-state index >= 15 is 0 Å². The van der Waals surface area contributed by atoms with Crippen LogP contribution in [0.25, 0.3) is 0 Å². The van der Waals surface area contributed by atoms with E-state index in [-0.39, 0.29) is 11.3 Å². The lowest BCUT2D eigenvalue weighted by Gasteiger charge is -2.36. The van der Waals surface area contributed by atoms with Crippen LogP contribution in [0, 0.1) is 0 Å². The fourth-order valence-corrected chi connectivity index (χ4v) is 2.52. The zero-order valence-corrected chi connectivity index (χ0v) is 9.89. The van der Waals surface area contributed by atoms with Crippen LogP contribution >= 0.6 is 11.6 Å². The van der Waals surface area contributed by atoms with E-state index in [9.17, 15) is 4.79 Å². The first-order valence-corrected chi connectivity index (χ1v) is 5.99. The molecule has 0 spiro atoms. The molecule has 1 rings (SSSR count). The molecule has 0 aliphatic heterocycles. The van der Waals surface area contributed by atoms with E-state index < -0.39 is 0 Å². The molecule has 0 heterocycles. The molecule has 14 heavy (non-hydrogen) atoms. The van der Waals surface area contributed by atoms with Crippen molar-refractivity contribution in [3.63, 3.8) is 0 Å². The maximum Gasteiger partial charge on any atom is 0.238 e. The first-order chi connectivity index (χ1) is 6.66. The van der Waals surface area contributed by atoms with Gasteiger partial charge < -0.3 is 0 Å². The van der Waals surface area contributed by atoms with E-state index in [4.69, 9.17) is 11.6 Å². The topological polar surface area (TPSA) is 20.3 Å². The van der Waals surface area contributed by atoms with E-state index in [0.29, 0.717) is 6.04 Å². The summed E-state index contributed by atoms with van der Waals surface area (Å²) >= 11 is 5.54. The van der Waals surface area contributed by atoms with Gasteiger partial charge in [-0.25, -0.2) is 0 Å². The van der Waals surface area contributed by atoms with Gasteiger partial charge in [0.25, 0.3) is 0 Å². The molecular formula is C11H20ClNO. The van der Waals surface area contributed by atoms with E-state index in [1.54, 1.807) is 0 Å². The third-order valence-electron chi connectivity index (χ3n) is 3.23. The first-order valence-electron chi connectivity index (χ1n) is 5.62. The minimum Gasteiger partial charge on any atom is -0.290 e. The van der Waals surface area contributed by atoms with Crippen molar-refractivity contribution in [2.45, 2.75) is 58.0 Å². The highest BCUT2D eigenvalue weighted by Crippen LogP contribution is 2.24. The average Bonchev–Trinajstić information content (AvgIpc) is 2.20. The van der Waals surface area contributed by atoms with Crippen molar-refractivity contribution in [3.8, 4) is 0 Å². The quantitative estimate of drug-likeness (QED) is 0.675. The molecule has 0 amide bonds. The number of rotatable bonds is 4. The Bertz CT molecular complexity index is 190. The summed E-state index contributed by atoms with van der Waals surface area (Å²) in [5.74, 6) is 0. The second-order valence-corrected chi connectivity index (χ2v) is 4.47. The van der Waals surface area contributed by atoms with Crippen LogP contribution in [0.2, 0.25) is 0 Å². The Kier molecular flexibility index (Phi) is 4.90. The van der Waals surface area contributed by atoms with Crippen LogP contribution in [0.1, 0.15) is 46.0 Å². The third kappa shape index (κ3) is 2.96. The zero-order valence-electron chi connectivity index (χ0n) is 9.13. The van der Waals surface area contributed by atoms with Gasteiger partial charge in [0.05, 0.1) is 6.04 Å². The normalized spacial score (nSPS) is 21.1. The molecule has 1 aliphatic carbocycles. The van der Waals surface area contributed by atoms with Gasteiger partial charge in [0.15, 0.2) is 0 Å². The zero-order chi connectivity index (χ0) is 10.6. The van der Waals surface area contributed by atoms with Gasteiger partial charge >= 0.3 is 0 Å². The second kappa shape index (κ2) is 5.72. The van der Waals surface area contributed by atoms with Crippen LogP contribution in [0.4, 0.5) is 0 Å². The van der Waals surface area contributed by atoms with E-state index in [1.807, 2.05) is 6.92 Å². The monoisotopic (exact) mass is 217 g/mol. The van der Waals surface area contributed by atoms with Crippen molar-refractivity contribution in [2.24, 2.45) is 0 Å². The van der Waals surface area contributed by atoms with Crippen LogP contribution in [0.3, 0.4) is 0 Å². The van der Waals surface area contributed by atoms with Crippen molar-refractivity contribution in [2.75, 3.05) is 6.54 Å². The fourth-order valence-electron chi connectivity index (χ4n) is 2.39. The summed E-state index contributed by atoms with van der Waals surface area (Å²) in [6.45, 7) is 4.93. The molecule has 1 saturated carbocycles. The largest absolute Gasteiger partial charge is 0.290 e. The van der Waals surface area contributed by atoms with Crippen LogP contribution in [-0.4, -0.2) is 28.8 Å². The van der Waals surface area contributed by atoms with Crippen LogP contribution < -0.4 is 0 Å². The predicted molar refractivity (Wildman–Crippen MR) is 59.6 cm³/mol. The van der Waals surface area contributed by atoms with Crippen LogP contribution in [-0.2, 0) is 4.79 Å². The third-order valence-corrected chi connectivity index (χ3v) is 3.55. The number of hydrogen-bond acceptors (Lipinski definition) is 2. The fraction of sp³-hybridized carbons (Fsp3) is 0.909. The number of halogens is 1. The van der Waals surface area contributed by atoms with Gasteiger partial charge in [-0.3, -0.25) is 9.69 Å². The van der Waals surface area contributed by atoms with Gasteiger partial charge in [0.1, 0.15) is 0 Å². The lowest BCUT2D eigenvalue weighted by molar-refractivity contribution is -0.117. The highest BCUT2D eigenvalue weighted by Gasteiger charge is 2.26. The molecule has 3 heteroatoms. The summed E-state index contributed by atoms with van der Waals surface area (Å²) in [6, 6.07) is 0.455. The van der Waals surface area contributed by atoms with E-state index in [0.717, 1.165) is 6.54 Å². The lowest BCUT2D eigenvalue weighted by atomic mass is 9.93. The van der Waals surface area contributed by atoms with Crippen LogP contribution in [0.15, 0.2) is 0 Å². The molecule has 0 aromatic carbocycles. The molecule has 0 radical (unpaired) electrons. The molecular weight excluding hydrogens is 198 g/mol. The maximum atomic E-state index is 11.1. The van der Waals surface area contributed by atoms with Crippen molar-refractivity contribution < 1.29 is 4.79 Å². The van der Waals surface area contributed by atoms with E-state index in [1.165, 1.54) is 32.1 Å². The molecule has 1 unspecified atom stereocenters. The first kappa shape index (κ1) is 12.0. The van der Waals surface area contributed by atoms with Gasteiger partial charge in [-0.2, -0.15) is 0 Å². The Hall–Kier alpha value is -0.0800. The summed E-state index contributed by atoms with van der Waals surface area (Å²) in [4.78, 5) is 13.4. The molecule has 0 saturated heterocycles. The van der Waals surface area contributed by atoms with Gasteiger partial charge in [-0.05, 0) is 37.9 Å². The number of carbonyl (C=O) groups excluding carboxylic acids is 1. The average molecular weight is 218 g/mol. The van der Waals surface area contributed by atoms with Gasteiger partial charge in [0, 0.05) is 6.04 Å².